The molecule has 3 aromatic rings. The van der Waals surface area contributed by atoms with Crippen LogP contribution in [0.15, 0.2) is 66.7 Å². The number of nitrogens with zero attached hydrogens (tertiary/aromatic N) is 2. The summed E-state index contributed by atoms with van der Waals surface area (Å²) in [6.07, 6.45) is 0. The monoisotopic (exact) mass is 526 g/mol. The van der Waals surface area contributed by atoms with E-state index in [2.05, 4.69) is 15.5 Å². The molecule has 9 heteroatoms. The highest BCUT2D eigenvalue weighted by atomic mass is 35.5. The second-order valence-corrected chi connectivity index (χ2v) is 9.43. The van der Waals surface area contributed by atoms with Gasteiger partial charge in [0.05, 0.1) is 11.4 Å². The van der Waals surface area contributed by atoms with E-state index in [1.54, 1.807) is 42.5 Å². The zero-order valence-corrected chi connectivity index (χ0v) is 21.4. The normalized spacial score (nSPS) is 13.3. The van der Waals surface area contributed by atoms with Gasteiger partial charge in [-0.05, 0) is 73.2 Å². The van der Waals surface area contributed by atoms with E-state index in [1.807, 2.05) is 36.1 Å². The minimum atomic E-state index is -0.337. The minimum Gasteiger partial charge on any atom is -0.366 e. The van der Waals surface area contributed by atoms with Gasteiger partial charge in [-0.2, -0.15) is 0 Å². The molecule has 0 bridgehead atoms. The molecule has 1 fully saturated rings. The predicted molar refractivity (Wildman–Crippen MR) is 146 cm³/mol. The Balaban J connectivity index is 1.38. The molecule has 2 N–H and O–H groups in total. The van der Waals surface area contributed by atoms with E-state index in [9.17, 15) is 9.59 Å². The Morgan fingerprint density at radius 3 is 2.23 bits per heavy atom. The molecular weight excluding hydrogens is 503 g/mol. The molecule has 2 amide bonds. The van der Waals surface area contributed by atoms with Crippen LogP contribution in [-0.4, -0.2) is 48.0 Å². The number of carbonyl (C=O) groups is 2. The van der Waals surface area contributed by atoms with Crippen molar-refractivity contribution in [3.63, 3.8) is 0 Å². The molecule has 0 aromatic heterocycles. The van der Waals surface area contributed by atoms with Gasteiger partial charge in [-0.1, -0.05) is 41.4 Å². The Labute approximate surface area is 219 Å². The highest BCUT2D eigenvalue weighted by molar-refractivity contribution is 7.80. The first-order valence-electron chi connectivity index (χ1n) is 11.1. The van der Waals surface area contributed by atoms with Crippen molar-refractivity contribution >= 4 is 63.7 Å². The average Bonchev–Trinajstić information content (AvgIpc) is 2.86. The fourth-order valence-electron chi connectivity index (χ4n) is 3.84. The van der Waals surface area contributed by atoms with Crippen LogP contribution in [0.3, 0.4) is 0 Å². The fraction of sp³-hybridized carbons (Fsp3) is 0.192. The molecule has 0 spiro atoms. The molecule has 1 aliphatic rings. The molecule has 4 rings (SSSR count). The van der Waals surface area contributed by atoms with Crippen LogP contribution in [0, 0.1) is 6.92 Å². The van der Waals surface area contributed by atoms with Gasteiger partial charge < -0.3 is 15.1 Å². The van der Waals surface area contributed by atoms with Crippen molar-refractivity contribution < 1.29 is 9.59 Å². The number of halogens is 2. The molecule has 0 unspecified atom stereocenters. The third-order valence-electron chi connectivity index (χ3n) is 5.81. The lowest BCUT2D eigenvalue weighted by Crippen LogP contribution is -2.49. The molecule has 6 nitrogen and oxygen atoms in total. The molecule has 3 aromatic carbocycles. The number of aryl methyl sites for hydroxylation is 1. The first-order valence-corrected chi connectivity index (χ1v) is 12.3. The van der Waals surface area contributed by atoms with Crippen molar-refractivity contribution in [1.29, 1.82) is 0 Å². The quantitative estimate of drug-likeness (QED) is 0.446. The number of amides is 2. The van der Waals surface area contributed by atoms with Gasteiger partial charge in [0.1, 0.15) is 0 Å². The lowest BCUT2D eigenvalue weighted by Gasteiger charge is -2.37. The van der Waals surface area contributed by atoms with E-state index in [0.29, 0.717) is 47.4 Å². The first kappa shape index (κ1) is 25.0. The average molecular weight is 527 g/mol. The number of hydrogen-bond acceptors (Lipinski definition) is 4. The highest BCUT2D eigenvalue weighted by Crippen LogP contribution is 2.27. The topological polar surface area (TPSA) is 64.7 Å². The van der Waals surface area contributed by atoms with E-state index in [0.717, 1.165) is 16.9 Å². The van der Waals surface area contributed by atoms with Crippen molar-refractivity contribution in [2.45, 2.75) is 6.92 Å². The van der Waals surface area contributed by atoms with Crippen LogP contribution in [0.2, 0.25) is 10.0 Å². The molecule has 35 heavy (non-hydrogen) atoms. The molecule has 1 heterocycles. The van der Waals surface area contributed by atoms with Crippen molar-refractivity contribution in [3.05, 3.63) is 93.5 Å². The van der Waals surface area contributed by atoms with Crippen LogP contribution in [0.4, 0.5) is 11.4 Å². The van der Waals surface area contributed by atoms with E-state index in [1.165, 1.54) is 0 Å². The maximum atomic E-state index is 12.8. The Bertz CT molecular complexity index is 1260. The van der Waals surface area contributed by atoms with Gasteiger partial charge in [-0.3, -0.25) is 14.9 Å². The van der Waals surface area contributed by atoms with Crippen LogP contribution in [0.25, 0.3) is 0 Å². The van der Waals surface area contributed by atoms with Crippen LogP contribution in [0.5, 0.6) is 0 Å². The standard InChI is InChI=1S/C26H24Cl2N4O2S/c1-17-6-7-19(16-21(17)28)24(33)30-26(35)29-22-4-2-3-5-23(22)31-12-14-32(15-13-31)25(34)18-8-10-20(27)11-9-18/h2-11,16H,12-15H2,1H3,(H2,29,30,33,35). The van der Waals surface area contributed by atoms with Gasteiger partial charge in [0.15, 0.2) is 5.11 Å². The third kappa shape index (κ3) is 6.11. The van der Waals surface area contributed by atoms with Gasteiger partial charge in [0, 0.05) is 47.4 Å². The van der Waals surface area contributed by atoms with E-state index >= 15 is 0 Å². The predicted octanol–water partition coefficient (Wildman–Crippen LogP) is 5.39. The van der Waals surface area contributed by atoms with Crippen molar-refractivity contribution in [2.75, 3.05) is 36.4 Å². The molecule has 1 aliphatic heterocycles. The highest BCUT2D eigenvalue weighted by Gasteiger charge is 2.23. The maximum absolute atomic E-state index is 12.8. The lowest BCUT2D eigenvalue weighted by molar-refractivity contribution is 0.0746. The molecule has 1 saturated heterocycles. The Kier molecular flexibility index (Phi) is 7.90. The maximum Gasteiger partial charge on any atom is 0.257 e. The summed E-state index contributed by atoms with van der Waals surface area (Å²) in [5.74, 6) is -0.343. The molecule has 180 valence electrons. The van der Waals surface area contributed by atoms with Crippen LogP contribution in [0.1, 0.15) is 26.3 Å². The summed E-state index contributed by atoms with van der Waals surface area (Å²) in [4.78, 5) is 29.4. The largest absolute Gasteiger partial charge is 0.366 e. The second-order valence-electron chi connectivity index (χ2n) is 8.18. The van der Waals surface area contributed by atoms with Crippen LogP contribution in [-0.2, 0) is 0 Å². The van der Waals surface area contributed by atoms with E-state index < -0.39 is 0 Å². The lowest BCUT2D eigenvalue weighted by atomic mass is 10.1. The van der Waals surface area contributed by atoms with E-state index in [-0.39, 0.29) is 16.9 Å². The fourth-order valence-corrected chi connectivity index (χ4v) is 4.35. The number of rotatable bonds is 4. The number of benzene rings is 3. The summed E-state index contributed by atoms with van der Waals surface area (Å²) < 4.78 is 0. The number of carbonyl (C=O) groups excluding carboxylic acids is 2. The number of nitrogens with one attached hydrogen (secondary N) is 2. The van der Waals surface area contributed by atoms with Gasteiger partial charge in [-0.15, -0.1) is 0 Å². The van der Waals surface area contributed by atoms with Crippen LogP contribution >= 0.6 is 35.4 Å². The zero-order valence-electron chi connectivity index (χ0n) is 19.1. The van der Waals surface area contributed by atoms with Crippen molar-refractivity contribution in [3.8, 4) is 0 Å². The smallest absolute Gasteiger partial charge is 0.257 e. The Hall–Kier alpha value is -3.13. The van der Waals surface area contributed by atoms with Crippen molar-refractivity contribution in [2.24, 2.45) is 0 Å². The van der Waals surface area contributed by atoms with Gasteiger partial charge >= 0.3 is 0 Å². The number of para-hydroxylation sites is 2. The van der Waals surface area contributed by atoms with Gasteiger partial charge in [-0.25, -0.2) is 0 Å². The molecule has 0 aliphatic carbocycles. The number of piperazine rings is 1. The number of hydrogen-bond donors (Lipinski definition) is 2. The summed E-state index contributed by atoms with van der Waals surface area (Å²) in [5.41, 5.74) is 3.67. The Morgan fingerprint density at radius 1 is 0.886 bits per heavy atom. The summed E-state index contributed by atoms with van der Waals surface area (Å²) in [7, 11) is 0. The third-order valence-corrected chi connectivity index (χ3v) is 6.68. The van der Waals surface area contributed by atoms with Crippen LogP contribution < -0.4 is 15.5 Å². The van der Waals surface area contributed by atoms with Crippen molar-refractivity contribution in [1.82, 2.24) is 10.2 Å². The second kappa shape index (κ2) is 11.1. The summed E-state index contributed by atoms with van der Waals surface area (Å²) in [6.45, 7) is 4.38. The Morgan fingerprint density at radius 2 is 1.54 bits per heavy atom. The zero-order chi connectivity index (χ0) is 24.9. The molecular formula is C26H24Cl2N4O2S. The SMILES string of the molecule is Cc1ccc(C(=O)NC(=S)Nc2ccccc2N2CCN(C(=O)c3ccc(Cl)cc3)CC2)cc1Cl. The molecule has 0 radical (unpaired) electrons. The molecule has 0 atom stereocenters. The summed E-state index contributed by atoms with van der Waals surface area (Å²) in [5, 5.41) is 7.16. The summed E-state index contributed by atoms with van der Waals surface area (Å²) in [6, 6.07) is 19.8. The number of anilines is 2. The van der Waals surface area contributed by atoms with Gasteiger partial charge in [0.2, 0.25) is 0 Å². The first-order chi connectivity index (χ1) is 16.8. The minimum absolute atomic E-state index is 0.00664. The number of thiocarbonyl (C=S) groups is 1. The molecule has 0 saturated carbocycles. The summed E-state index contributed by atoms with van der Waals surface area (Å²) >= 11 is 17.5. The van der Waals surface area contributed by atoms with Gasteiger partial charge in [0.25, 0.3) is 11.8 Å². The van der Waals surface area contributed by atoms with E-state index in [4.69, 9.17) is 35.4 Å².